The first kappa shape index (κ1) is 20.0. The maximum absolute atomic E-state index is 9.88. The number of halogens is 2. The number of nitriles is 1. The number of fused-ring (bicyclic) bond motifs is 1. The molecule has 0 unspecified atom stereocenters. The smallest absolute Gasteiger partial charge is 0.244 e. The zero-order valence-corrected chi connectivity index (χ0v) is 17.5. The van der Waals surface area contributed by atoms with Crippen LogP contribution in [0.4, 0.5) is 0 Å². The average molecular weight is 443 g/mol. The molecule has 0 amide bonds. The normalized spacial score (nSPS) is 15.2. The third-order valence-corrected chi connectivity index (χ3v) is 5.63. The van der Waals surface area contributed by atoms with Gasteiger partial charge in [0.25, 0.3) is 0 Å². The molecule has 2 aromatic carbocycles. The van der Waals surface area contributed by atoms with Crippen LogP contribution in [0.25, 0.3) is 11.3 Å². The largest absolute Gasteiger partial charge is 0.497 e. The van der Waals surface area contributed by atoms with Crippen molar-refractivity contribution in [3.05, 3.63) is 69.0 Å². The molecule has 1 atom stereocenters. The van der Waals surface area contributed by atoms with Crippen LogP contribution >= 0.6 is 23.2 Å². The van der Waals surface area contributed by atoms with E-state index in [4.69, 9.17) is 43.1 Å². The van der Waals surface area contributed by atoms with Gasteiger partial charge < -0.3 is 19.9 Å². The van der Waals surface area contributed by atoms with E-state index in [0.29, 0.717) is 38.4 Å². The van der Waals surface area contributed by atoms with E-state index in [2.05, 4.69) is 16.3 Å². The number of methoxy groups -OCH3 is 2. The number of allylic oxidation sites excluding steroid dienone is 1. The van der Waals surface area contributed by atoms with Gasteiger partial charge in [0.05, 0.1) is 41.4 Å². The fourth-order valence-corrected chi connectivity index (χ4v) is 3.79. The number of rotatable bonds is 4. The second-order valence-electron chi connectivity index (χ2n) is 6.48. The molecule has 0 radical (unpaired) electrons. The number of hydrogen-bond acceptors (Lipinski definition) is 6. The molecule has 1 aliphatic rings. The van der Waals surface area contributed by atoms with Crippen molar-refractivity contribution in [1.82, 2.24) is 10.2 Å². The van der Waals surface area contributed by atoms with Crippen molar-refractivity contribution in [1.29, 1.82) is 5.26 Å². The molecule has 1 aromatic heterocycles. The van der Waals surface area contributed by atoms with Crippen LogP contribution in [0.5, 0.6) is 17.4 Å². The van der Waals surface area contributed by atoms with E-state index < -0.39 is 5.92 Å². The van der Waals surface area contributed by atoms with E-state index >= 15 is 0 Å². The monoisotopic (exact) mass is 442 g/mol. The minimum atomic E-state index is -0.605. The fourth-order valence-electron chi connectivity index (χ4n) is 3.49. The number of nitrogens with one attached hydrogen (secondary N) is 1. The van der Waals surface area contributed by atoms with Crippen LogP contribution in [0.3, 0.4) is 0 Å². The molecular formula is C21H16Cl2N4O3. The molecule has 0 spiro atoms. The highest BCUT2D eigenvalue weighted by Crippen LogP contribution is 2.48. The summed E-state index contributed by atoms with van der Waals surface area (Å²) >= 11 is 12.3. The van der Waals surface area contributed by atoms with Gasteiger partial charge in [-0.2, -0.15) is 5.26 Å². The second kappa shape index (κ2) is 7.82. The Morgan fingerprint density at radius 2 is 1.93 bits per heavy atom. The maximum atomic E-state index is 9.88. The molecule has 3 aromatic rings. The van der Waals surface area contributed by atoms with E-state index in [1.807, 2.05) is 0 Å². The van der Waals surface area contributed by atoms with Gasteiger partial charge in [0, 0.05) is 11.1 Å². The third kappa shape index (κ3) is 3.20. The number of nitrogens with zero attached hydrogens (tertiary/aromatic N) is 2. The van der Waals surface area contributed by atoms with Gasteiger partial charge in [0.1, 0.15) is 23.1 Å². The molecule has 1 aliphatic heterocycles. The van der Waals surface area contributed by atoms with Crippen LogP contribution in [-0.4, -0.2) is 24.4 Å². The summed E-state index contributed by atoms with van der Waals surface area (Å²) in [6, 6.07) is 12.7. The molecule has 0 saturated carbocycles. The van der Waals surface area contributed by atoms with E-state index in [1.165, 1.54) is 0 Å². The van der Waals surface area contributed by atoms with Crippen LogP contribution in [0.1, 0.15) is 17.0 Å². The van der Waals surface area contributed by atoms with Crippen LogP contribution in [0, 0.1) is 11.3 Å². The summed E-state index contributed by atoms with van der Waals surface area (Å²) in [6.45, 7) is 0. The highest BCUT2D eigenvalue weighted by molar-refractivity contribution is 6.42. The molecular weight excluding hydrogens is 427 g/mol. The molecule has 2 heterocycles. The molecule has 0 fully saturated rings. The molecule has 7 nitrogen and oxygen atoms in total. The van der Waals surface area contributed by atoms with Crippen molar-refractivity contribution in [2.45, 2.75) is 5.92 Å². The summed E-state index contributed by atoms with van der Waals surface area (Å²) < 4.78 is 16.6. The molecule has 3 N–H and O–H groups in total. The zero-order chi connectivity index (χ0) is 21.4. The van der Waals surface area contributed by atoms with Gasteiger partial charge >= 0.3 is 0 Å². The van der Waals surface area contributed by atoms with E-state index in [1.54, 1.807) is 50.6 Å². The van der Waals surface area contributed by atoms with Gasteiger partial charge in [-0.1, -0.05) is 29.3 Å². The molecule has 9 heteroatoms. The zero-order valence-electron chi connectivity index (χ0n) is 16.0. The number of aromatic amines is 1. The van der Waals surface area contributed by atoms with Crippen LogP contribution in [0.2, 0.25) is 10.0 Å². The van der Waals surface area contributed by atoms with Crippen molar-refractivity contribution in [3.8, 4) is 34.7 Å². The number of hydrogen-bond donors (Lipinski definition) is 2. The first-order valence-corrected chi connectivity index (χ1v) is 9.57. The minimum Gasteiger partial charge on any atom is -0.497 e. The summed E-state index contributed by atoms with van der Waals surface area (Å²) in [7, 11) is 3.12. The summed E-state index contributed by atoms with van der Waals surface area (Å²) in [5.41, 5.74) is 8.96. The lowest BCUT2D eigenvalue weighted by Gasteiger charge is -2.25. The van der Waals surface area contributed by atoms with Gasteiger partial charge in [-0.05, 0) is 30.3 Å². The molecule has 152 valence electrons. The van der Waals surface area contributed by atoms with Crippen molar-refractivity contribution in [2.75, 3.05) is 14.2 Å². The lowest BCUT2D eigenvalue weighted by molar-refractivity contribution is 0.373. The van der Waals surface area contributed by atoms with Gasteiger partial charge in [-0.25, -0.2) is 0 Å². The lowest BCUT2D eigenvalue weighted by Crippen LogP contribution is -2.21. The number of aromatic nitrogens is 2. The Morgan fingerprint density at radius 3 is 2.60 bits per heavy atom. The SMILES string of the molecule is COc1ccc(OC)c([C@H]2C(C#N)=C(N)Oc3n[nH]c(-c4ccc(Cl)c(Cl)c4)c32)c1. The molecule has 0 aliphatic carbocycles. The van der Waals surface area contributed by atoms with Crippen molar-refractivity contribution >= 4 is 23.2 Å². The Hall–Kier alpha value is -3.34. The lowest BCUT2D eigenvalue weighted by atomic mass is 9.82. The second-order valence-corrected chi connectivity index (χ2v) is 7.29. The summed E-state index contributed by atoms with van der Waals surface area (Å²) in [5, 5.41) is 17.9. The van der Waals surface area contributed by atoms with Crippen molar-refractivity contribution < 1.29 is 14.2 Å². The number of benzene rings is 2. The first-order valence-electron chi connectivity index (χ1n) is 8.81. The summed E-state index contributed by atoms with van der Waals surface area (Å²) in [6.07, 6.45) is 0. The van der Waals surface area contributed by atoms with E-state index in [-0.39, 0.29) is 17.3 Å². The fraction of sp³-hybridized carbons (Fsp3) is 0.143. The first-order chi connectivity index (χ1) is 14.5. The highest BCUT2D eigenvalue weighted by atomic mass is 35.5. The minimum absolute atomic E-state index is 0.0212. The highest BCUT2D eigenvalue weighted by Gasteiger charge is 2.37. The maximum Gasteiger partial charge on any atom is 0.244 e. The predicted octanol–water partition coefficient (Wildman–Crippen LogP) is 4.62. The molecule has 4 rings (SSSR count). The Morgan fingerprint density at radius 1 is 1.13 bits per heavy atom. The Labute approximate surface area is 182 Å². The van der Waals surface area contributed by atoms with E-state index in [0.717, 1.165) is 5.56 Å². The molecule has 0 bridgehead atoms. The Bertz CT molecular complexity index is 1210. The molecule has 0 saturated heterocycles. The number of H-pyrrole nitrogens is 1. The quantitative estimate of drug-likeness (QED) is 0.610. The standard InChI is InChI=1S/C21H16Cl2N4O3/c1-28-11-4-6-16(29-2)12(8-11)17-13(9-24)20(25)30-21-18(17)19(26-27-21)10-3-5-14(22)15(23)7-10/h3-8,17H,25H2,1-2H3,(H,26,27)/t17-/m0/s1. The van der Waals surface area contributed by atoms with Crippen LogP contribution in [0.15, 0.2) is 47.9 Å². The molecule has 30 heavy (non-hydrogen) atoms. The third-order valence-electron chi connectivity index (χ3n) is 4.90. The van der Waals surface area contributed by atoms with Gasteiger partial charge in [-0.15, -0.1) is 5.10 Å². The number of nitrogens with two attached hydrogens (primary N) is 1. The predicted molar refractivity (Wildman–Crippen MR) is 113 cm³/mol. The van der Waals surface area contributed by atoms with Gasteiger partial charge in [-0.3, -0.25) is 5.10 Å². The van der Waals surface area contributed by atoms with Crippen molar-refractivity contribution in [3.63, 3.8) is 0 Å². The number of ether oxygens (including phenoxy) is 3. The summed E-state index contributed by atoms with van der Waals surface area (Å²) in [4.78, 5) is 0. The Kier molecular flexibility index (Phi) is 5.20. The Balaban J connectivity index is 1.99. The van der Waals surface area contributed by atoms with Crippen molar-refractivity contribution in [2.24, 2.45) is 5.73 Å². The van der Waals surface area contributed by atoms with Gasteiger partial charge in [0.15, 0.2) is 0 Å². The topological polar surface area (TPSA) is 106 Å². The van der Waals surface area contributed by atoms with E-state index in [9.17, 15) is 5.26 Å². The van der Waals surface area contributed by atoms with Crippen LogP contribution < -0.4 is 19.9 Å². The van der Waals surface area contributed by atoms with Crippen LogP contribution in [-0.2, 0) is 0 Å². The summed E-state index contributed by atoms with van der Waals surface area (Å²) in [5.74, 6) is 0.811. The van der Waals surface area contributed by atoms with Gasteiger partial charge in [0.2, 0.25) is 11.8 Å². The average Bonchev–Trinajstić information content (AvgIpc) is 3.17.